The van der Waals surface area contributed by atoms with Crippen molar-refractivity contribution in [1.29, 1.82) is 5.26 Å². The van der Waals surface area contributed by atoms with Gasteiger partial charge in [0.25, 0.3) is 0 Å². The van der Waals surface area contributed by atoms with Crippen LogP contribution in [0, 0.1) is 11.3 Å². The van der Waals surface area contributed by atoms with Crippen LogP contribution in [0.2, 0.25) is 5.02 Å². The fraction of sp³-hybridized carbons (Fsp3) is 0.235. The Morgan fingerprint density at radius 2 is 2.17 bits per heavy atom. The number of anilines is 1. The van der Waals surface area contributed by atoms with Gasteiger partial charge < -0.3 is 9.47 Å². The minimum absolute atomic E-state index is 0.325. The fourth-order valence-corrected chi connectivity index (χ4v) is 3.40. The number of imidazole rings is 1. The van der Waals surface area contributed by atoms with E-state index in [0.717, 1.165) is 36.4 Å². The first-order chi connectivity index (χ1) is 11.3. The third kappa shape index (κ3) is 2.41. The molecule has 3 heterocycles. The van der Waals surface area contributed by atoms with Gasteiger partial charge in [-0.1, -0.05) is 11.6 Å². The van der Waals surface area contributed by atoms with E-state index in [4.69, 9.17) is 16.9 Å². The fourth-order valence-electron chi connectivity index (χ4n) is 3.16. The first kappa shape index (κ1) is 14.0. The summed E-state index contributed by atoms with van der Waals surface area (Å²) in [6, 6.07) is 11.8. The van der Waals surface area contributed by atoms with Gasteiger partial charge in [-0.2, -0.15) is 5.26 Å². The molecular weight excluding hydrogens is 310 g/mol. The summed E-state index contributed by atoms with van der Waals surface area (Å²) >= 11 is 6.25. The van der Waals surface area contributed by atoms with Gasteiger partial charge in [-0.15, -0.1) is 0 Å². The molecule has 1 atom stereocenters. The van der Waals surface area contributed by atoms with Crippen LogP contribution >= 0.6 is 11.6 Å². The number of rotatable bonds is 2. The summed E-state index contributed by atoms with van der Waals surface area (Å²) in [7, 11) is 0. The van der Waals surface area contributed by atoms with Crippen LogP contribution in [0.15, 0.2) is 42.9 Å². The maximum atomic E-state index is 8.99. The Kier molecular flexibility index (Phi) is 3.40. The van der Waals surface area contributed by atoms with E-state index in [2.05, 4.69) is 25.5 Å². The molecule has 114 valence electrons. The molecule has 23 heavy (non-hydrogen) atoms. The van der Waals surface area contributed by atoms with E-state index in [1.165, 1.54) is 0 Å². The molecule has 6 heteroatoms. The Morgan fingerprint density at radius 3 is 3.00 bits per heavy atom. The van der Waals surface area contributed by atoms with Crippen LogP contribution in [0.5, 0.6) is 0 Å². The summed E-state index contributed by atoms with van der Waals surface area (Å²) in [6.45, 7) is 1.76. The van der Waals surface area contributed by atoms with E-state index in [1.54, 1.807) is 6.20 Å². The Bertz CT molecular complexity index is 911. The average Bonchev–Trinajstić information content (AvgIpc) is 3.21. The van der Waals surface area contributed by atoms with Crippen LogP contribution in [0.25, 0.3) is 11.0 Å². The molecule has 0 radical (unpaired) electrons. The maximum Gasteiger partial charge on any atom is 0.147 e. The first-order valence-electron chi connectivity index (χ1n) is 7.48. The zero-order valence-corrected chi connectivity index (χ0v) is 13.1. The molecule has 3 aromatic rings. The topological polar surface area (TPSA) is 57.7 Å². The number of fused-ring (bicyclic) bond motifs is 1. The maximum absolute atomic E-state index is 8.99. The number of aromatic nitrogens is 3. The van der Waals surface area contributed by atoms with Crippen molar-refractivity contribution in [3.8, 4) is 6.07 Å². The molecule has 0 amide bonds. The molecule has 0 N–H and O–H groups in total. The van der Waals surface area contributed by atoms with Gasteiger partial charge in [-0.05, 0) is 36.8 Å². The number of nitrogens with zero attached hydrogens (tertiary/aromatic N) is 5. The summed E-state index contributed by atoms with van der Waals surface area (Å²) in [6.07, 6.45) is 4.64. The molecule has 0 aliphatic carbocycles. The van der Waals surface area contributed by atoms with Crippen molar-refractivity contribution in [2.45, 2.75) is 12.5 Å². The minimum Gasteiger partial charge on any atom is -0.353 e. The highest BCUT2D eigenvalue weighted by molar-refractivity contribution is 6.32. The highest BCUT2D eigenvalue weighted by Crippen LogP contribution is 2.31. The molecule has 5 nitrogen and oxygen atoms in total. The molecule has 1 aliphatic rings. The number of hydrogen-bond donors (Lipinski definition) is 0. The third-order valence-corrected chi connectivity index (χ3v) is 4.59. The lowest BCUT2D eigenvalue weighted by atomic mass is 10.2. The lowest BCUT2D eigenvalue weighted by Gasteiger charge is -2.19. The predicted octanol–water partition coefficient (Wildman–Crippen LogP) is 3.41. The van der Waals surface area contributed by atoms with Crippen molar-refractivity contribution in [1.82, 2.24) is 14.5 Å². The minimum atomic E-state index is 0.325. The number of hydrogen-bond acceptors (Lipinski definition) is 4. The molecule has 2 aromatic heterocycles. The Labute approximate surface area is 138 Å². The van der Waals surface area contributed by atoms with Crippen LogP contribution in [0.1, 0.15) is 18.0 Å². The quantitative estimate of drug-likeness (QED) is 0.725. The number of benzene rings is 1. The summed E-state index contributed by atoms with van der Waals surface area (Å²) in [4.78, 5) is 11.0. The standard InChI is InChI=1S/C17H14ClN5/c18-14-2-1-6-20-17(14)22-7-5-13(10-22)23-11-21-15-8-12(9-19)3-4-16(15)23/h1-4,6,8,11,13H,5,7,10H2. The summed E-state index contributed by atoms with van der Waals surface area (Å²) in [5.41, 5.74) is 2.55. The second-order valence-electron chi connectivity index (χ2n) is 5.66. The second kappa shape index (κ2) is 5.56. The Balaban J connectivity index is 1.63. The molecule has 1 aliphatic heterocycles. The molecule has 1 aromatic carbocycles. The molecule has 0 spiro atoms. The Hall–Kier alpha value is -2.58. The largest absolute Gasteiger partial charge is 0.353 e. The zero-order chi connectivity index (χ0) is 15.8. The van der Waals surface area contributed by atoms with Gasteiger partial charge in [0.05, 0.1) is 40.1 Å². The smallest absolute Gasteiger partial charge is 0.147 e. The van der Waals surface area contributed by atoms with E-state index in [1.807, 2.05) is 36.7 Å². The van der Waals surface area contributed by atoms with Crippen LogP contribution in [-0.4, -0.2) is 27.6 Å². The second-order valence-corrected chi connectivity index (χ2v) is 6.07. The zero-order valence-electron chi connectivity index (χ0n) is 12.4. The molecule has 0 bridgehead atoms. The summed E-state index contributed by atoms with van der Waals surface area (Å²) < 4.78 is 2.19. The normalized spacial score (nSPS) is 17.6. The van der Waals surface area contributed by atoms with Crippen LogP contribution in [0.3, 0.4) is 0 Å². The lowest BCUT2D eigenvalue weighted by Crippen LogP contribution is -2.22. The SMILES string of the molecule is N#Cc1ccc2c(c1)ncn2C1CCN(c2ncccc2Cl)C1. The molecular formula is C17H14ClN5. The average molecular weight is 324 g/mol. The van der Waals surface area contributed by atoms with Crippen molar-refractivity contribution in [3.05, 3.63) is 53.4 Å². The van der Waals surface area contributed by atoms with Crippen LogP contribution < -0.4 is 4.90 Å². The first-order valence-corrected chi connectivity index (χ1v) is 7.86. The molecule has 1 saturated heterocycles. The number of pyridine rings is 1. The van der Waals surface area contributed by atoms with Crippen molar-refractivity contribution in [2.75, 3.05) is 18.0 Å². The van der Waals surface area contributed by atoms with Crippen molar-refractivity contribution in [2.24, 2.45) is 0 Å². The predicted molar refractivity (Wildman–Crippen MR) is 89.6 cm³/mol. The Morgan fingerprint density at radius 1 is 1.26 bits per heavy atom. The van der Waals surface area contributed by atoms with Crippen LogP contribution in [-0.2, 0) is 0 Å². The van der Waals surface area contributed by atoms with E-state index in [9.17, 15) is 0 Å². The lowest BCUT2D eigenvalue weighted by molar-refractivity contribution is 0.566. The molecule has 1 fully saturated rings. The van der Waals surface area contributed by atoms with E-state index in [-0.39, 0.29) is 0 Å². The molecule has 4 rings (SSSR count). The molecule has 0 saturated carbocycles. The number of halogens is 1. The summed E-state index contributed by atoms with van der Waals surface area (Å²) in [5.74, 6) is 0.841. The van der Waals surface area contributed by atoms with Gasteiger partial charge >= 0.3 is 0 Å². The van der Waals surface area contributed by atoms with E-state index in [0.29, 0.717) is 16.6 Å². The molecule has 1 unspecified atom stereocenters. The monoisotopic (exact) mass is 323 g/mol. The van der Waals surface area contributed by atoms with Crippen molar-refractivity contribution < 1.29 is 0 Å². The van der Waals surface area contributed by atoms with Gasteiger partial charge in [-0.3, -0.25) is 0 Å². The van der Waals surface area contributed by atoms with Crippen LogP contribution in [0.4, 0.5) is 5.82 Å². The van der Waals surface area contributed by atoms with Gasteiger partial charge in [0.2, 0.25) is 0 Å². The highest BCUT2D eigenvalue weighted by atomic mass is 35.5. The highest BCUT2D eigenvalue weighted by Gasteiger charge is 2.27. The van der Waals surface area contributed by atoms with Gasteiger partial charge in [0, 0.05) is 19.3 Å². The number of nitriles is 1. The van der Waals surface area contributed by atoms with Gasteiger partial charge in [0.1, 0.15) is 5.82 Å². The summed E-state index contributed by atoms with van der Waals surface area (Å²) in [5, 5.41) is 9.67. The van der Waals surface area contributed by atoms with E-state index < -0.39 is 0 Å². The van der Waals surface area contributed by atoms with Crippen molar-refractivity contribution in [3.63, 3.8) is 0 Å². The van der Waals surface area contributed by atoms with E-state index >= 15 is 0 Å². The third-order valence-electron chi connectivity index (χ3n) is 4.30. The van der Waals surface area contributed by atoms with Crippen molar-refractivity contribution >= 4 is 28.5 Å². The van der Waals surface area contributed by atoms with Gasteiger partial charge in [0.15, 0.2) is 0 Å². The van der Waals surface area contributed by atoms with Gasteiger partial charge in [-0.25, -0.2) is 9.97 Å².